The van der Waals surface area contributed by atoms with Crippen LogP contribution in [0.1, 0.15) is 23.6 Å². The molecule has 2 aromatic rings. The van der Waals surface area contributed by atoms with Gasteiger partial charge in [-0.2, -0.15) is 0 Å². The van der Waals surface area contributed by atoms with Crippen LogP contribution in [0.2, 0.25) is 5.02 Å². The lowest BCUT2D eigenvalue weighted by atomic mass is 10.1. The number of hydrogen-bond donors (Lipinski definition) is 1. The second-order valence-electron chi connectivity index (χ2n) is 5.21. The van der Waals surface area contributed by atoms with E-state index in [-0.39, 0.29) is 11.8 Å². The summed E-state index contributed by atoms with van der Waals surface area (Å²) in [4.78, 5) is 16.1. The first kappa shape index (κ1) is 13.2. The number of nitrogens with one attached hydrogen (secondary N) is 1. The Morgan fingerprint density at radius 2 is 2.20 bits per heavy atom. The third kappa shape index (κ3) is 2.70. The minimum atomic E-state index is 0.0874. The summed E-state index contributed by atoms with van der Waals surface area (Å²) in [7, 11) is 1.92. The van der Waals surface area contributed by atoms with Crippen LogP contribution < -0.4 is 5.32 Å². The molecule has 1 aliphatic rings. The Balaban J connectivity index is 1.55. The average molecular weight is 290 g/mol. The molecule has 1 aromatic heterocycles. The van der Waals surface area contributed by atoms with Crippen molar-refractivity contribution in [1.29, 1.82) is 0 Å². The van der Waals surface area contributed by atoms with E-state index in [0.29, 0.717) is 12.5 Å². The third-order valence-corrected chi connectivity index (χ3v) is 4.04. The Morgan fingerprint density at radius 3 is 2.85 bits per heavy atom. The quantitative estimate of drug-likeness (QED) is 0.940. The van der Waals surface area contributed by atoms with Gasteiger partial charge in [0.1, 0.15) is 0 Å². The van der Waals surface area contributed by atoms with Crippen molar-refractivity contribution in [1.82, 2.24) is 14.9 Å². The Bertz CT molecular complexity index is 620. The van der Waals surface area contributed by atoms with Crippen molar-refractivity contribution < 1.29 is 4.79 Å². The SMILES string of the molecule is Cn1cncc1CNC(=O)[C@@H]1C[C@H]1c1ccc(Cl)cc1. The maximum absolute atomic E-state index is 12.1. The lowest BCUT2D eigenvalue weighted by Crippen LogP contribution is -2.25. The summed E-state index contributed by atoms with van der Waals surface area (Å²) < 4.78 is 1.91. The van der Waals surface area contributed by atoms with E-state index in [1.165, 1.54) is 5.56 Å². The van der Waals surface area contributed by atoms with Gasteiger partial charge in [0, 0.05) is 24.2 Å². The molecule has 1 aromatic carbocycles. The third-order valence-electron chi connectivity index (χ3n) is 3.79. The van der Waals surface area contributed by atoms with E-state index < -0.39 is 0 Å². The zero-order chi connectivity index (χ0) is 14.1. The van der Waals surface area contributed by atoms with Gasteiger partial charge in [-0.25, -0.2) is 4.98 Å². The molecule has 0 spiro atoms. The molecule has 4 nitrogen and oxygen atoms in total. The predicted octanol–water partition coefficient (Wildman–Crippen LogP) is 2.49. The number of carbonyl (C=O) groups excluding carboxylic acids is 1. The molecule has 1 aliphatic carbocycles. The fourth-order valence-corrected chi connectivity index (χ4v) is 2.55. The maximum Gasteiger partial charge on any atom is 0.224 e. The molecule has 1 fully saturated rings. The van der Waals surface area contributed by atoms with E-state index in [2.05, 4.69) is 10.3 Å². The zero-order valence-corrected chi connectivity index (χ0v) is 12.0. The summed E-state index contributed by atoms with van der Waals surface area (Å²) in [5.41, 5.74) is 2.19. The highest BCUT2D eigenvalue weighted by molar-refractivity contribution is 6.30. The number of amides is 1. The number of hydrogen-bond acceptors (Lipinski definition) is 2. The van der Waals surface area contributed by atoms with Gasteiger partial charge in [0.2, 0.25) is 5.91 Å². The Kier molecular flexibility index (Phi) is 3.49. The lowest BCUT2D eigenvalue weighted by Gasteiger charge is -2.05. The molecule has 5 heteroatoms. The monoisotopic (exact) mass is 289 g/mol. The van der Waals surface area contributed by atoms with Crippen LogP contribution >= 0.6 is 11.6 Å². The van der Waals surface area contributed by atoms with E-state index in [4.69, 9.17) is 11.6 Å². The van der Waals surface area contributed by atoms with Crippen molar-refractivity contribution in [3.8, 4) is 0 Å². The minimum absolute atomic E-state index is 0.0874. The van der Waals surface area contributed by atoms with Gasteiger partial charge < -0.3 is 9.88 Å². The van der Waals surface area contributed by atoms with Crippen molar-refractivity contribution in [2.45, 2.75) is 18.9 Å². The highest BCUT2D eigenvalue weighted by atomic mass is 35.5. The van der Waals surface area contributed by atoms with Crippen molar-refractivity contribution in [3.05, 3.63) is 53.1 Å². The molecule has 1 heterocycles. The molecule has 0 unspecified atom stereocenters. The van der Waals surface area contributed by atoms with Gasteiger partial charge in [0.15, 0.2) is 0 Å². The van der Waals surface area contributed by atoms with Gasteiger partial charge in [-0.3, -0.25) is 4.79 Å². The molecule has 2 atom stereocenters. The van der Waals surface area contributed by atoms with Gasteiger partial charge in [-0.1, -0.05) is 23.7 Å². The molecular formula is C15H16ClN3O. The van der Waals surface area contributed by atoms with Crippen LogP contribution in [0.3, 0.4) is 0 Å². The molecule has 20 heavy (non-hydrogen) atoms. The molecule has 0 radical (unpaired) electrons. The Hall–Kier alpha value is -1.81. The first-order valence-electron chi connectivity index (χ1n) is 6.63. The summed E-state index contributed by atoms with van der Waals surface area (Å²) in [5, 5.41) is 3.70. The maximum atomic E-state index is 12.1. The summed E-state index contributed by atoms with van der Waals surface area (Å²) in [6.45, 7) is 0.527. The second-order valence-corrected chi connectivity index (χ2v) is 5.65. The number of benzene rings is 1. The summed E-state index contributed by atoms with van der Waals surface area (Å²) in [6.07, 6.45) is 4.41. The summed E-state index contributed by atoms with van der Waals surface area (Å²) in [5.74, 6) is 0.536. The Morgan fingerprint density at radius 1 is 1.45 bits per heavy atom. The molecule has 1 saturated carbocycles. The van der Waals surface area contributed by atoms with Crippen LogP contribution in [-0.2, 0) is 18.4 Å². The van der Waals surface area contributed by atoms with Gasteiger partial charge in [-0.15, -0.1) is 0 Å². The van der Waals surface area contributed by atoms with E-state index in [1.807, 2.05) is 35.9 Å². The smallest absolute Gasteiger partial charge is 0.224 e. The second kappa shape index (κ2) is 5.29. The summed E-state index contributed by atoms with van der Waals surface area (Å²) in [6, 6.07) is 7.75. The van der Waals surface area contributed by atoms with E-state index in [0.717, 1.165) is 17.1 Å². The van der Waals surface area contributed by atoms with Crippen LogP contribution in [0.4, 0.5) is 0 Å². The Labute approximate surface area is 122 Å². The van der Waals surface area contributed by atoms with Crippen LogP contribution in [-0.4, -0.2) is 15.5 Å². The van der Waals surface area contributed by atoms with Crippen LogP contribution in [0, 0.1) is 5.92 Å². The highest BCUT2D eigenvalue weighted by Crippen LogP contribution is 2.47. The van der Waals surface area contributed by atoms with E-state index in [1.54, 1.807) is 12.5 Å². The predicted molar refractivity (Wildman–Crippen MR) is 77.4 cm³/mol. The highest BCUT2D eigenvalue weighted by Gasteiger charge is 2.43. The molecule has 1 N–H and O–H groups in total. The molecule has 0 saturated heterocycles. The fourth-order valence-electron chi connectivity index (χ4n) is 2.43. The molecular weight excluding hydrogens is 274 g/mol. The van der Waals surface area contributed by atoms with Crippen molar-refractivity contribution in [3.63, 3.8) is 0 Å². The number of imidazole rings is 1. The first-order chi connectivity index (χ1) is 9.65. The molecule has 1 amide bonds. The average Bonchev–Trinajstić information content (AvgIpc) is 3.14. The molecule has 3 rings (SSSR count). The van der Waals surface area contributed by atoms with Gasteiger partial charge >= 0.3 is 0 Å². The van der Waals surface area contributed by atoms with Crippen molar-refractivity contribution >= 4 is 17.5 Å². The zero-order valence-electron chi connectivity index (χ0n) is 11.2. The topological polar surface area (TPSA) is 46.9 Å². The standard InChI is InChI=1S/C15H16ClN3O/c1-19-9-17-7-12(19)8-18-15(20)14-6-13(14)10-2-4-11(16)5-3-10/h2-5,7,9,13-14H,6,8H2,1H3,(H,18,20)/t13-,14+/m0/s1. The first-order valence-corrected chi connectivity index (χ1v) is 7.01. The lowest BCUT2D eigenvalue weighted by molar-refractivity contribution is -0.122. The van der Waals surface area contributed by atoms with E-state index in [9.17, 15) is 4.79 Å². The van der Waals surface area contributed by atoms with Crippen molar-refractivity contribution in [2.24, 2.45) is 13.0 Å². The number of aromatic nitrogens is 2. The van der Waals surface area contributed by atoms with E-state index >= 15 is 0 Å². The van der Waals surface area contributed by atoms with Gasteiger partial charge in [0.25, 0.3) is 0 Å². The fraction of sp³-hybridized carbons (Fsp3) is 0.333. The normalized spacial score (nSPS) is 20.7. The number of nitrogens with zero attached hydrogens (tertiary/aromatic N) is 2. The largest absolute Gasteiger partial charge is 0.350 e. The number of rotatable bonds is 4. The van der Waals surface area contributed by atoms with Gasteiger partial charge in [0.05, 0.1) is 18.6 Å². The van der Waals surface area contributed by atoms with Crippen LogP contribution in [0.25, 0.3) is 0 Å². The molecule has 0 aliphatic heterocycles. The summed E-state index contributed by atoms with van der Waals surface area (Å²) >= 11 is 5.87. The number of halogens is 1. The van der Waals surface area contributed by atoms with Gasteiger partial charge in [-0.05, 0) is 30.0 Å². The van der Waals surface area contributed by atoms with Crippen LogP contribution in [0.5, 0.6) is 0 Å². The van der Waals surface area contributed by atoms with Crippen LogP contribution in [0.15, 0.2) is 36.8 Å². The number of aryl methyl sites for hydroxylation is 1. The van der Waals surface area contributed by atoms with Crippen molar-refractivity contribution in [2.75, 3.05) is 0 Å². The minimum Gasteiger partial charge on any atom is -0.350 e. The number of carbonyl (C=O) groups is 1. The molecule has 0 bridgehead atoms. The molecule has 104 valence electrons.